The van der Waals surface area contributed by atoms with Crippen molar-refractivity contribution in [1.29, 1.82) is 0 Å². The maximum Gasteiger partial charge on any atom is 0.279 e. The fraction of sp³-hybridized carbons (Fsp3) is 0.143. The highest BCUT2D eigenvalue weighted by Gasteiger charge is 2.09. The van der Waals surface area contributed by atoms with Gasteiger partial charge >= 0.3 is 0 Å². The van der Waals surface area contributed by atoms with Crippen LogP contribution in [-0.4, -0.2) is 17.6 Å². The van der Waals surface area contributed by atoms with Crippen LogP contribution in [-0.2, 0) is 4.79 Å². The van der Waals surface area contributed by atoms with Crippen molar-refractivity contribution in [3.8, 4) is 0 Å². The third-order valence-electron chi connectivity index (χ3n) is 2.52. The van der Waals surface area contributed by atoms with Crippen molar-refractivity contribution in [2.45, 2.75) is 11.3 Å². The Morgan fingerprint density at radius 1 is 1.14 bits per heavy atom. The maximum atomic E-state index is 12.7. The van der Waals surface area contributed by atoms with E-state index in [0.29, 0.717) is 10.6 Å². The van der Waals surface area contributed by atoms with Crippen molar-refractivity contribution in [2.75, 3.05) is 5.75 Å². The van der Waals surface area contributed by atoms with E-state index in [9.17, 15) is 14.0 Å². The lowest BCUT2D eigenvalue weighted by Gasteiger charge is -2.06. The second kappa shape index (κ2) is 8.30. The van der Waals surface area contributed by atoms with Crippen LogP contribution in [0.2, 0.25) is 0 Å². The number of thiophene rings is 1. The van der Waals surface area contributed by atoms with E-state index in [1.54, 1.807) is 24.3 Å². The summed E-state index contributed by atoms with van der Waals surface area (Å²) in [6.45, 7) is 0. The second-order valence-electron chi connectivity index (χ2n) is 4.16. The average Bonchev–Trinajstić information content (AvgIpc) is 2.93. The minimum absolute atomic E-state index is 0.246. The van der Waals surface area contributed by atoms with Crippen molar-refractivity contribution in [3.63, 3.8) is 0 Å². The molecule has 0 saturated heterocycles. The van der Waals surface area contributed by atoms with Crippen LogP contribution < -0.4 is 10.9 Å². The van der Waals surface area contributed by atoms with E-state index in [0.717, 1.165) is 8.68 Å². The third kappa shape index (κ3) is 5.43. The highest BCUT2D eigenvalue weighted by Crippen LogP contribution is 2.21. The van der Waals surface area contributed by atoms with Gasteiger partial charge in [-0.05, 0) is 52.3 Å². The lowest BCUT2D eigenvalue weighted by atomic mass is 10.4. The normalized spacial score (nSPS) is 10.3. The molecule has 0 aliphatic rings. The topological polar surface area (TPSA) is 58.2 Å². The monoisotopic (exact) mass is 402 g/mol. The predicted octanol–water partition coefficient (Wildman–Crippen LogP) is 3.59. The Morgan fingerprint density at radius 2 is 1.86 bits per heavy atom. The molecule has 0 atom stereocenters. The lowest BCUT2D eigenvalue weighted by molar-refractivity contribution is -0.121. The molecule has 8 heteroatoms. The molecule has 4 nitrogen and oxygen atoms in total. The Bertz CT molecular complexity index is 661. The van der Waals surface area contributed by atoms with Crippen LogP contribution in [0.1, 0.15) is 16.1 Å². The van der Waals surface area contributed by atoms with Crippen molar-refractivity contribution in [2.24, 2.45) is 0 Å². The minimum atomic E-state index is -0.352. The van der Waals surface area contributed by atoms with Gasteiger partial charge in [0.1, 0.15) is 5.82 Å². The van der Waals surface area contributed by atoms with Crippen LogP contribution in [0.3, 0.4) is 0 Å². The van der Waals surface area contributed by atoms with E-state index < -0.39 is 0 Å². The standard InChI is InChI=1S/C14H12BrFN2O2S2/c15-12-6-5-11(22-12)14(20)18-17-13(19)7-8-21-10-3-1-9(16)2-4-10/h1-6H,7-8H2,(H,17,19)(H,18,20). The number of carbonyl (C=O) groups excluding carboxylic acids is 2. The number of halogens is 2. The first-order valence-corrected chi connectivity index (χ1v) is 8.87. The molecule has 1 aromatic carbocycles. The van der Waals surface area contributed by atoms with E-state index >= 15 is 0 Å². The zero-order valence-corrected chi connectivity index (χ0v) is 14.5. The van der Waals surface area contributed by atoms with Gasteiger partial charge in [-0.15, -0.1) is 23.1 Å². The van der Waals surface area contributed by atoms with Crippen LogP contribution in [0, 0.1) is 5.82 Å². The Labute approximate surface area is 143 Å². The fourth-order valence-corrected chi connectivity index (χ4v) is 3.61. The maximum absolute atomic E-state index is 12.7. The first-order chi connectivity index (χ1) is 10.5. The van der Waals surface area contributed by atoms with Crippen LogP contribution in [0.15, 0.2) is 45.1 Å². The number of nitrogens with one attached hydrogen (secondary N) is 2. The summed E-state index contributed by atoms with van der Waals surface area (Å²) in [5, 5.41) is 0. The molecule has 2 aromatic rings. The fourth-order valence-electron chi connectivity index (χ4n) is 1.48. The van der Waals surface area contributed by atoms with Gasteiger partial charge in [-0.25, -0.2) is 4.39 Å². The molecule has 0 unspecified atom stereocenters. The number of hydrogen-bond acceptors (Lipinski definition) is 4. The van der Waals surface area contributed by atoms with Crippen LogP contribution in [0.5, 0.6) is 0 Å². The number of benzene rings is 1. The van der Waals surface area contributed by atoms with Crippen LogP contribution in [0.25, 0.3) is 0 Å². The van der Waals surface area contributed by atoms with Gasteiger partial charge in [0.25, 0.3) is 5.91 Å². The Morgan fingerprint density at radius 3 is 2.50 bits per heavy atom. The molecule has 2 amide bonds. The zero-order valence-electron chi connectivity index (χ0n) is 11.3. The van der Waals surface area contributed by atoms with Crippen molar-refractivity contribution in [3.05, 3.63) is 50.9 Å². The first-order valence-electron chi connectivity index (χ1n) is 6.27. The molecule has 1 heterocycles. The van der Waals surface area contributed by atoms with E-state index in [-0.39, 0.29) is 24.1 Å². The van der Waals surface area contributed by atoms with Gasteiger partial charge in [0.2, 0.25) is 5.91 Å². The molecule has 2 N–H and O–H groups in total. The van der Waals surface area contributed by atoms with Gasteiger partial charge in [0, 0.05) is 17.1 Å². The van der Waals surface area contributed by atoms with Crippen molar-refractivity contribution < 1.29 is 14.0 Å². The zero-order chi connectivity index (χ0) is 15.9. The highest BCUT2D eigenvalue weighted by molar-refractivity contribution is 9.11. The van der Waals surface area contributed by atoms with Gasteiger partial charge in [0.05, 0.1) is 8.66 Å². The van der Waals surface area contributed by atoms with E-state index in [1.807, 2.05) is 0 Å². The molecule has 0 fully saturated rings. The number of hydrogen-bond donors (Lipinski definition) is 2. The quantitative estimate of drug-likeness (QED) is 0.593. The highest BCUT2D eigenvalue weighted by atomic mass is 79.9. The van der Waals surface area contributed by atoms with Gasteiger partial charge < -0.3 is 0 Å². The van der Waals surface area contributed by atoms with Crippen LogP contribution >= 0.6 is 39.0 Å². The average molecular weight is 403 g/mol. The van der Waals surface area contributed by atoms with Gasteiger partial charge in [-0.3, -0.25) is 20.4 Å². The minimum Gasteiger partial charge on any atom is -0.273 e. The number of carbonyl (C=O) groups is 2. The van der Waals surface area contributed by atoms with Crippen molar-refractivity contribution >= 4 is 50.8 Å². The van der Waals surface area contributed by atoms with E-state index in [1.165, 1.54) is 35.2 Å². The summed E-state index contributed by atoms with van der Waals surface area (Å²) in [6.07, 6.45) is 0.246. The first kappa shape index (κ1) is 17.0. The number of hydrazine groups is 1. The molecule has 0 bridgehead atoms. The van der Waals surface area contributed by atoms with Gasteiger partial charge in [-0.1, -0.05) is 0 Å². The summed E-state index contributed by atoms with van der Waals surface area (Å²) in [7, 11) is 0. The SMILES string of the molecule is O=C(CCSc1ccc(F)cc1)NNC(=O)c1ccc(Br)s1. The second-order valence-corrected chi connectivity index (χ2v) is 7.79. The molecular weight excluding hydrogens is 391 g/mol. The summed E-state index contributed by atoms with van der Waals surface area (Å²) in [6, 6.07) is 9.51. The van der Waals surface area contributed by atoms with Crippen LogP contribution in [0.4, 0.5) is 4.39 Å². The van der Waals surface area contributed by atoms with Gasteiger partial charge in [-0.2, -0.15) is 0 Å². The predicted molar refractivity (Wildman–Crippen MR) is 89.4 cm³/mol. The van der Waals surface area contributed by atoms with E-state index in [2.05, 4.69) is 26.8 Å². The summed E-state index contributed by atoms with van der Waals surface area (Å²) in [4.78, 5) is 24.7. The third-order valence-corrected chi connectivity index (χ3v) is 5.16. The van der Waals surface area contributed by atoms with E-state index in [4.69, 9.17) is 0 Å². The number of rotatable bonds is 5. The smallest absolute Gasteiger partial charge is 0.273 e. The molecule has 1 aromatic heterocycles. The molecule has 116 valence electrons. The Hall–Kier alpha value is -1.38. The van der Waals surface area contributed by atoms with Crippen molar-refractivity contribution in [1.82, 2.24) is 10.9 Å². The summed E-state index contributed by atoms with van der Waals surface area (Å²) in [5.74, 6) is -0.378. The molecule has 0 spiro atoms. The largest absolute Gasteiger partial charge is 0.279 e. The Balaban J connectivity index is 1.67. The molecule has 0 aliphatic heterocycles. The van der Waals surface area contributed by atoms with Gasteiger partial charge in [0.15, 0.2) is 0 Å². The number of thioether (sulfide) groups is 1. The summed E-state index contributed by atoms with van der Waals surface area (Å²) < 4.78 is 13.6. The lowest BCUT2D eigenvalue weighted by Crippen LogP contribution is -2.41. The molecule has 22 heavy (non-hydrogen) atoms. The molecule has 2 rings (SSSR count). The number of amides is 2. The summed E-state index contributed by atoms with van der Waals surface area (Å²) >= 11 is 6.00. The Kier molecular flexibility index (Phi) is 6.41. The molecule has 0 saturated carbocycles. The molecular formula is C14H12BrFN2O2S2. The molecule has 0 radical (unpaired) electrons. The summed E-state index contributed by atoms with van der Waals surface area (Å²) in [5.41, 5.74) is 4.73. The molecule has 0 aliphatic carbocycles.